The molecule has 2 rings (SSSR count). The second-order valence-electron chi connectivity index (χ2n) is 5.46. The topological polar surface area (TPSA) is 52.8 Å². The largest absolute Gasteiger partial charge is 0.355 e. The third-order valence-corrected chi connectivity index (χ3v) is 3.21. The van der Waals surface area contributed by atoms with Gasteiger partial charge in [0.2, 0.25) is 0 Å². The summed E-state index contributed by atoms with van der Waals surface area (Å²) in [5, 5.41) is 9.11. The molecule has 2 heterocycles. The van der Waals surface area contributed by atoms with Gasteiger partial charge in [-0.3, -0.25) is 0 Å². The number of hydrogen-bond donors (Lipinski definition) is 0. The Morgan fingerprint density at radius 3 is 2.88 bits per heavy atom. The Balaban J connectivity index is 2.33. The van der Waals surface area contributed by atoms with Gasteiger partial charge in [0.1, 0.15) is 23.3 Å². The first-order valence-electron chi connectivity index (χ1n) is 6.00. The van der Waals surface area contributed by atoms with E-state index in [2.05, 4.69) is 34.8 Å². The molecule has 1 saturated heterocycles. The molecule has 0 aliphatic carbocycles. The summed E-state index contributed by atoms with van der Waals surface area (Å²) in [6.07, 6.45) is 4.01. The minimum absolute atomic E-state index is 0.295. The van der Waals surface area contributed by atoms with Crippen molar-refractivity contribution in [2.45, 2.75) is 33.6 Å². The van der Waals surface area contributed by atoms with Crippen LogP contribution in [0.15, 0.2) is 6.20 Å². The number of rotatable bonds is 1. The van der Waals surface area contributed by atoms with Crippen LogP contribution in [0.3, 0.4) is 0 Å². The van der Waals surface area contributed by atoms with E-state index in [1.165, 1.54) is 6.42 Å². The Hall–Kier alpha value is -1.63. The highest BCUT2D eigenvalue weighted by Crippen LogP contribution is 2.31. The lowest BCUT2D eigenvalue weighted by Gasteiger charge is -2.39. The van der Waals surface area contributed by atoms with Crippen LogP contribution < -0.4 is 4.90 Å². The zero-order valence-corrected chi connectivity index (χ0v) is 10.7. The van der Waals surface area contributed by atoms with Crippen molar-refractivity contribution >= 4 is 5.82 Å². The van der Waals surface area contributed by atoms with Gasteiger partial charge in [-0.2, -0.15) is 5.26 Å². The molecule has 1 aliphatic rings. The minimum Gasteiger partial charge on any atom is -0.355 e. The van der Waals surface area contributed by atoms with Crippen molar-refractivity contribution in [1.82, 2.24) is 9.97 Å². The molecule has 1 fully saturated rings. The number of aromatic nitrogens is 2. The molecule has 90 valence electrons. The van der Waals surface area contributed by atoms with Crippen LogP contribution in [0.4, 0.5) is 5.82 Å². The van der Waals surface area contributed by atoms with Crippen molar-refractivity contribution in [1.29, 1.82) is 5.26 Å². The van der Waals surface area contributed by atoms with E-state index in [-0.39, 0.29) is 0 Å². The van der Waals surface area contributed by atoms with Gasteiger partial charge in [-0.25, -0.2) is 9.97 Å². The smallest absolute Gasteiger partial charge is 0.150 e. The van der Waals surface area contributed by atoms with Crippen molar-refractivity contribution in [3.05, 3.63) is 17.6 Å². The predicted octanol–water partition coefficient (Wildman–Crippen LogP) is 2.28. The number of anilines is 1. The lowest BCUT2D eigenvalue weighted by molar-refractivity contribution is 0.292. The number of nitrogens with zero attached hydrogens (tertiary/aromatic N) is 4. The fraction of sp³-hybridized carbons (Fsp3) is 0.615. The molecule has 0 saturated carbocycles. The van der Waals surface area contributed by atoms with Crippen LogP contribution in [0.1, 0.15) is 38.1 Å². The van der Waals surface area contributed by atoms with E-state index in [9.17, 15) is 0 Å². The molecule has 4 nitrogen and oxygen atoms in total. The quantitative estimate of drug-likeness (QED) is 0.742. The lowest BCUT2D eigenvalue weighted by atomic mass is 9.84. The van der Waals surface area contributed by atoms with Crippen molar-refractivity contribution in [2.75, 3.05) is 18.0 Å². The molecule has 1 aliphatic heterocycles. The van der Waals surface area contributed by atoms with Gasteiger partial charge in [0.05, 0.1) is 6.20 Å². The van der Waals surface area contributed by atoms with Crippen LogP contribution in [-0.4, -0.2) is 23.1 Å². The van der Waals surface area contributed by atoms with E-state index < -0.39 is 0 Å². The monoisotopic (exact) mass is 230 g/mol. The average Bonchev–Trinajstić information content (AvgIpc) is 2.27. The van der Waals surface area contributed by atoms with E-state index in [0.717, 1.165) is 31.2 Å². The highest BCUT2D eigenvalue weighted by atomic mass is 15.2. The van der Waals surface area contributed by atoms with E-state index in [1.807, 2.05) is 6.92 Å². The lowest BCUT2D eigenvalue weighted by Crippen LogP contribution is -2.41. The Labute approximate surface area is 102 Å². The van der Waals surface area contributed by atoms with Crippen molar-refractivity contribution in [3.8, 4) is 6.07 Å². The van der Waals surface area contributed by atoms with Gasteiger partial charge >= 0.3 is 0 Å². The van der Waals surface area contributed by atoms with E-state index in [4.69, 9.17) is 5.26 Å². The SMILES string of the molecule is Cc1ncc(C#N)c(N2CCCC(C)(C)C2)n1. The molecule has 0 radical (unpaired) electrons. The Morgan fingerprint density at radius 2 is 2.24 bits per heavy atom. The van der Waals surface area contributed by atoms with Gasteiger partial charge in [0.25, 0.3) is 0 Å². The van der Waals surface area contributed by atoms with Crippen molar-refractivity contribution < 1.29 is 0 Å². The molecule has 0 spiro atoms. The van der Waals surface area contributed by atoms with Crippen LogP contribution in [-0.2, 0) is 0 Å². The molecule has 0 bridgehead atoms. The maximum Gasteiger partial charge on any atom is 0.150 e. The summed E-state index contributed by atoms with van der Waals surface area (Å²) in [5.74, 6) is 1.52. The first-order valence-corrected chi connectivity index (χ1v) is 6.00. The second-order valence-corrected chi connectivity index (χ2v) is 5.46. The van der Waals surface area contributed by atoms with Gasteiger partial charge in [-0.1, -0.05) is 13.8 Å². The summed E-state index contributed by atoms with van der Waals surface area (Å²) in [4.78, 5) is 10.7. The summed E-state index contributed by atoms with van der Waals surface area (Å²) in [6, 6.07) is 2.18. The molecular weight excluding hydrogens is 212 g/mol. The maximum atomic E-state index is 9.11. The molecular formula is C13H18N4. The number of hydrogen-bond acceptors (Lipinski definition) is 4. The van der Waals surface area contributed by atoms with Gasteiger partial charge in [-0.15, -0.1) is 0 Å². The summed E-state index contributed by atoms with van der Waals surface area (Å²) in [7, 11) is 0. The highest BCUT2D eigenvalue weighted by Gasteiger charge is 2.28. The van der Waals surface area contributed by atoms with Gasteiger partial charge < -0.3 is 4.90 Å². The zero-order chi connectivity index (χ0) is 12.5. The molecule has 4 heteroatoms. The van der Waals surface area contributed by atoms with Crippen LogP contribution in [0, 0.1) is 23.7 Å². The Morgan fingerprint density at radius 1 is 1.47 bits per heavy atom. The van der Waals surface area contributed by atoms with E-state index in [1.54, 1.807) is 6.20 Å². The summed E-state index contributed by atoms with van der Waals surface area (Å²) < 4.78 is 0. The van der Waals surface area contributed by atoms with Crippen LogP contribution in [0.2, 0.25) is 0 Å². The Bertz CT molecular complexity index is 459. The second kappa shape index (κ2) is 4.33. The molecule has 0 N–H and O–H groups in total. The van der Waals surface area contributed by atoms with Gasteiger partial charge in [0.15, 0.2) is 0 Å². The fourth-order valence-corrected chi connectivity index (χ4v) is 2.38. The van der Waals surface area contributed by atoms with Crippen molar-refractivity contribution in [2.24, 2.45) is 5.41 Å². The van der Waals surface area contributed by atoms with Crippen LogP contribution in [0.25, 0.3) is 0 Å². The highest BCUT2D eigenvalue weighted by molar-refractivity contribution is 5.53. The minimum atomic E-state index is 0.295. The fourth-order valence-electron chi connectivity index (χ4n) is 2.38. The van der Waals surface area contributed by atoms with Gasteiger partial charge in [0, 0.05) is 13.1 Å². The molecule has 0 atom stereocenters. The van der Waals surface area contributed by atoms with Gasteiger partial charge in [-0.05, 0) is 25.2 Å². The predicted molar refractivity (Wildman–Crippen MR) is 66.7 cm³/mol. The average molecular weight is 230 g/mol. The van der Waals surface area contributed by atoms with E-state index >= 15 is 0 Å². The van der Waals surface area contributed by atoms with Crippen LogP contribution >= 0.6 is 0 Å². The zero-order valence-electron chi connectivity index (χ0n) is 10.7. The first-order chi connectivity index (χ1) is 8.02. The number of piperidine rings is 1. The van der Waals surface area contributed by atoms with Crippen LogP contribution in [0.5, 0.6) is 0 Å². The van der Waals surface area contributed by atoms with Crippen molar-refractivity contribution in [3.63, 3.8) is 0 Å². The third-order valence-electron chi connectivity index (χ3n) is 3.21. The molecule has 0 unspecified atom stereocenters. The number of nitriles is 1. The maximum absolute atomic E-state index is 9.11. The Kier molecular flexibility index (Phi) is 3.01. The molecule has 1 aromatic heterocycles. The standard InChI is InChI=1S/C13H18N4/c1-10-15-8-11(7-14)12(16-10)17-6-4-5-13(2,3)9-17/h8H,4-6,9H2,1-3H3. The molecule has 0 amide bonds. The summed E-state index contributed by atoms with van der Waals surface area (Å²) >= 11 is 0. The summed E-state index contributed by atoms with van der Waals surface area (Å²) in [5.41, 5.74) is 0.873. The molecule has 1 aromatic rings. The molecule has 0 aromatic carbocycles. The summed E-state index contributed by atoms with van der Waals surface area (Å²) in [6.45, 7) is 8.32. The normalized spacial score (nSPS) is 18.8. The number of aryl methyl sites for hydroxylation is 1. The first kappa shape index (κ1) is 11.8. The van der Waals surface area contributed by atoms with E-state index in [0.29, 0.717) is 11.0 Å². The third kappa shape index (κ3) is 2.55. The molecule has 17 heavy (non-hydrogen) atoms.